The Morgan fingerprint density at radius 3 is 2.42 bits per heavy atom. The van der Waals surface area contributed by atoms with Crippen molar-refractivity contribution < 1.29 is 15.0 Å². The molecule has 0 unspecified atom stereocenters. The predicted molar refractivity (Wildman–Crippen MR) is 72.9 cm³/mol. The zero-order valence-corrected chi connectivity index (χ0v) is 11.1. The molecule has 1 fully saturated rings. The van der Waals surface area contributed by atoms with Crippen molar-refractivity contribution in [3.05, 3.63) is 35.4 Å². The summed E-state index contributed by atoms with van der Waals surface area (Å²) in [6.07, 6.45) is 4.31. The highest BCUT2D eigenvalue weighted by atomic mass is 16.4. The first-order valence-electron chi connectivity index (χ1n) is 6.80. The lowest BCUT2D eigenvalue weighted by Gasteiger charge is -2.28. The first kappa shape index (κ1) is 14.0. The van der Waals surface area contributed by atoms with E-state index in [1.807, 2.05) is 24.3 Å². The Labute approximate surface area is 113 Å². The van der Waals surface area contributed by atoms with Gasteiger partial charge in [-0.3, -0.25) is 4.79 Å². The van der Waals surface area contributed by atoms with Gasteiger partial charge in [0.15, 0.2) is 0 Å². The summed E-state index contributed by atoms with van der Waals surface area (Å²) in [5.41, 5.74) is 1.68. The van der Waals surface area contributed by atoms with E-state index in [2.05, 4.69) is 5.32 Å². The van der Waals surface area contributed by atoms with Crippen molar-refractivity contribution in [1.29, 1.82) is 0 Å². The molecule has 0 atom stereocenters. The zero-order valence-electron chi connectivity index (χ0n) is 11.1. The van der Waals surface area contributed by atoms with Crippen molar-refractivity contribution in [2.45, 2.75) is 44.2 Å². The summed E-state index contributed by atoms with van der Waals surface area (Å²) in [4.78, 5) is 10.8. The van der Waals surface area contributed by atoms with Crippen molar-refractivity contribution in [3.8, 4) is 0 Å². The molecule has 104 valence electrons. The smallest absolute Gasteiger partial charge is 0.307 e. The molecular weight excluding hydrogens is 242 g/mol. The van der Waals surface area contributed by atoms with Crippen LogP contribution < -0.4 is 5.32 Å². The summed E-state index contributed by atoms with van der Waals surface area (Å²) in [5, 5.41) is 21.9. The highest BCUT2D eigenvalue weighted by Gasteiger charge is 2.32. The van der Waals surface area contributed by atoms with Gasteiger partial charge in [0.2, 0.25) is 0 Å². The molecule has 4 heteroatoms. The fourth-order valence-electron chi connectivity index (χ4n) is 2.79. The number of benzene rings is 1. The van der Waals surface area contributed by atoms with Crippen LogP contribution in [0.1, 0.15) is 36.8 Å². The van der Waals surface area contributed by atoms with Gasteiger partial charge in [-0.1, -0.05) is 37.1 Å². The van der Waals surface area contributed by atoms with Gasteiger partial charge in [-0.25, -0.2) is 0 Å². The number of carbonyl (C=O) groups is 1. The molecule has 1 aromatic carbocycles. The molecule has 0 radical (unpaired) electrons. The Kier molecular flexibility index (Phi) is 4.56. The largest absolute Gasteiger partial charge is 0.481 e. The second-order valence-corrected chi connectivity index (χ2v) is 5.34. The average molecular weight is 263 g/mol. The molecule has 2 rings (SSSR count). The van der Waals surface area contributed by atoms with E-state index in [9.17, 15) is 9.90 Å². The molecule has 1 aromatic rings. The van der Waals surface area contributed by atoms with Crippen LogP contribution in [0.2, 0.25) is 0 Å². The van der Waals surface area contributed by atoms with E-state index in [1.54, 1.807) is 0 Å². The molecule has 4 nitrogen and oxygen atoms in total. The van der Waals surface area contributed by atoms with E-state index in [1.165, 1.54) is 0 Å². The standard InChI is InChI=1S/C15H21NO3/c17-11-15(7-3-4-8-15)16-10-13-6-2-1-5-12(13)9-14(18)19/h1-2,5-6,16-17H,3-4,7-11H2,(H,18,19). The molecule has 0 aromatic heterocycles. The van der Waals surface area contributed by atoms with Gasteiger partial charge in [0.1, 0.15) is 0 Å². The van der Waals surface area contributed by atoms with Gasteiger partial charge in [0.05, 0.1) is 13.0 Å². The van der Waals surface area contributed by atoms with Gasteiger partial charge in [-0.2, -0.15) is 0 Å². The molecule has 0 aliphatic heterocycles. The molecule has 1 saturated carbocycles. The van der Waals surface area contributed by atoms with Crippen LogP contribution in [0.4, 0.5) is 0 Å². The van der Waals surface area contributed by atoms with Crippen molar-refractivity contribution in [2.75, 3.05) is 6.61 Å². The Hall–Kier alpha value is -1.39. The number of carboxylic acids is 1. The van der Waals surface area contributed by atoms with Crippen LogP contribution in [0.25, 0.3) is 0 Å². The Balaban J connectivity index is 2.04. The van der Waals surface area contributed by atoms with Gasteiger partial charge in [-0.05, 0) is 24.0 Å². The van der Waals surface area contributed by atoms with Crippen LogP contribution in [0.15, 0.2) is 24.3 Å². The summed E-state index contributed by atoms with van der Waals surface area (Å²) < 4.78 is 0. The number of carboxylic acid groups (broad SMARTS) is 1. The number of aliphatic hydroxyl groups is 1. The third-order valence-corrected chi connectivity index (χ3v) is 3.98. The minimum atomic E-state index is -0.815. The van der Waals surface area contributed by atoms with Crippen LogP contribution in [-0.4, -0.2) is 28.3 Å². The third-order valence-electron chi connectivity index (χ3n) is 3.98. The normalized spacial score (nSPS) is 17.5. The van der Waals surface area contributed by atoms with Crippen molar-refractivity contribution >= 4 is 5.97 Å². The van der Waals surface area contributed by atoms with Gasteiger partial charge >= 0.3 is 5.97 Å². The maximum atomic E-state index is 10.8. The van der Waals surface area contributed by atoms with Crippen molar-refractivity contribution in [1.82, 2.24) is 5.32 Å². The Bertz CT molecular complexity index is 439. The molecule has 0 spiro atoms. The fourth-order valence-corrected chi connectivity index (χ4v) is 2.79. The van der Waals surface area contributed by atoms with Crippen LogP contribution >= 0.6 is 0 Å². The summed E-state index contributed by atoms with van der Waals surface area (Å²) >= 11 is 0. The predicted octanol–water partition coefficient (Wildman–Crippen LogP) is 1.71. The molecule has 0 amide bonds. The maximum absolute atomic E-state index is 10.8. The monoisotopic (exact) mass is 263 g/mol. The summed E-state index contributed by atoms with van der Waals surface area (Å²) in [5.74, 6) is -0.815. The van der Waals surface area contributed by atoms with Gasteiger partial charge < -0.3 is 15.5 Å². The summed E-state index contributed by atoms with van der Waals surface area (Å²) in [6, 6.07) is 7.58. The van der Waals surface area contributed by atoms with Crippen LogP contribution in [0, 0.1) is 0 Å². The number of hydrogen-bond acceptors (Lipinski definition) is 3. The SMILES string of the molecule is O=C(O)Cc1ccccc1CNC1(CO)CCCC1. The third kappa shape index (κ3) is 3.55. The van der Waals surface area contributed by atoms with Gasteiger partial charge in [0.25, 0.3) is 0 Å². The quantitative estimate of drug-likeness (QED) is 0.731. The highest BCUT2D eigenvalue weighted by molar-refractivity contribution is 5.70. The van der Waals surface area contributed by atoms with E-state index in [4.69, 9.17) is 5.11 Å². The minimum Gasteiger partial charge on any atom is -0.481 e. The molecule has 19 heavy (non-hydrogen) atoms. The number of aliphatic carboxylic acids is 1. The van der Waals surface area contributed by atoms with Crippen LogP contribution in [0.5, 0.6) is 0 Å². The average Bonchev–Trinajstić information content (AvgIpc) is 2.87. The molecule has 0 saturated heterocycles. The maximum Gasteiger partial charge on any atom is 0.307 e. The minimum absolute atomic E-state index is 0.0456. The molecule has 0 heterocycles. The van der Waals surface area contributed by atoms with E-state index >= 15 is 0 Å². The Morgan fingerprint density at radius 2 is 1.84 bits per heavy atom. The molecule has 1 aliphatic rings. The lowest BCUT2D eigenvalue weighted by molar-refractivity contribution is -0.136. The highest BCUT2D eigenvalue weighted by Crippen LogP contribution is 2.29. The first-order valence-corrected chi connectivity index (χ1v) is 6.80. The number of rotatable bonds is 6. The lowest BCUT2D eigenvalue weighted by Crippen LogP contribution is -2.45. The zero-order chi connectivity index (χ0) is 13.7. The Morgan fingerprint density at radius 1 is 1.21 bits per heavy atom. The van der Waals surface area contributed by atoms with E-state index in [0.29, 0.717) is 6.54 Å². The molecule has 1 aliphatic carbocycles. The summed E-state index contributed by atoms with van der Waals surface area (Å²) in [6.45, 7) is 0.762. The molecule has 0 bridgehead atoms. The van der Waals surface area contributed by atoms with Gasteiger partial charge in [-0.15, -0.1) is 0 Å². The van der Waals surface area contributed by atoms with E-state index in [0.717, 1.165) is 36.8 Å². The second kappa shape index (κ2) is 6.17. The first-order chi connectivity index (χ1) is 9.15. The van der Waals surface area contributed by atoms with Crippen molar-refractivity contribution in [2.24, 2.45) is 0 Å². The molecule has 3 N–H and O–H groups in total. The number of nitrogens with one attached hydrogen (secondary N) is 1. The lowest BCUT2D eigenvalue weighted by atomic mass is 9.97. The van der Waals surface area contributed by atoms with Crippen LogP contribution in [-0.2, 0) is 17.8 Å². The summed E-state index contributed by atoms with van der Waals surface area (Å²) in [7, 11) is 0. The van der Waals surface area contributed by atoms with Gasteiger partial charge in [0, 0.05) is 12.1 Å². The second-order valence-electron chi connectivity index (χ2n) is 5.34. The topological polar surface area (TPSA) is 69.6 Å². The molecular formula is C15H21NO3. The van der Waals surface area contributed by atoms with E-state index in [-0.39, 0.29) is 18.6 Å². The van der Waals surface area contributed by atoms with Crippen LogP contribution in [0.3, 0.4) is 0 Å². The van der Waals surface area contributed by atoms with Crippen molar-refractivity contribution in [3.63, 3.8) is 0 Å². The number of hydrogen-bond donors (Lipinski definition) is 3. The fraction of sp³-hybridized carbons (Fsp3) is 0.533. The number of aliphatic hydroxyl groups excluding tert-OH is 1. The van der Waals surface area contributed by atoms with E-state index < -0.39 is 5.97 Å².